The third-order valence-corrected chi connectivity index (χ3v) is 5.04. The summed E-state index contributed by atoms with van der Waals surface area (Å²) < 4.78 is 6.29. The lowest BCUT2D eigenvalue weighted by Crippen LogP contribution is -2.47. The lowest BCUT2D eigenvalue weighted by atomic mass is 10.1. The molecule has 7 heteroatoms. The first-order valence-electron chi connectivity index (χ1n) is 8.13. The van der Waals surface area contributed by atoms with E-state index in [2.05, 4.69) is 21.4 Å². The van der Waals surface area contributed by atoms with Crippen molar-refractivity contribution in [3.8, 4) is 5.75 Å². The molecule has 0 radical (unpaired) electrons. The molecule has 3 aromatic carbocycles. The molecular weight excluding hydrogens is 412 g/mol. The summed E-state index contributed by atoms with van der Waals surface area (Å²) in [5.74, 6) is -1.23. The molecule has 27 heavy (non-hydrogen) atoms. The van der Waals surface area contributed by atoms with Crippen LogP contribution in [-0.4, -0.2) is 29.3 Å². The predicted molar refractivity (Wildman–Crippen MR) is 102 cm³/mol. The summed E-state index contributed by atoms with van der Waals surface area (Å²) >= 11 is 3.48. The van der Waals surface area contributed by atoms with E-state index in [1.165, 1.54) is 0 Å². The quantitative estimate of drug-likeness (QED) is 0.651. The zero-order chi connectivity index (χ0) is 19.0. The van der Waals surface area contributed by atoms with Crippen LogP contribution in [0.4, 0.5) is 0 Å². The Morgan fingerprint density at radius 2 is 1.56 bits per heavy atom. The largest absolute Gasteiger partial charge is 0.483 e. The molecule has 0 atom stereocenters. The van der Waals surface area contributed by atoms with E-state index >= 15 is 0 Å². The molecule has 0 spiro atoms. The minimum atomic E-state index is -0.607. The van der Waals surface area contributed by atoms with E-state index in [-0.39, 0.29) is 17.7 Å². The van der Waals surface area contributed by atoms with E-state index in [1.807, 2.05) is 30.3 Å². The molecule has 0 saturated carbocycles. The second kappa shape index (κ2) is 6.85. The van der Waals surface area contributed by atoms with Crippen LogP contribution in [0.1, 0.15) is 20.7 Å². The van der Waals surface area contributed by atoms with Gasteiger partial charge in [0.05, 0.1) is 15.6 Å². The first-order valence-corrected chi connectivity index (χ1v) is 8.93. The Balaban J connectivity index is 1.45. The Labute approximate surface area is 162 Å². The molecule has 1 heterocycles. The van der Waals surface area contributed by atoms with Crippen LogP contribution in [0, 0.1) is 0 Å². The summed E-state index contributed by atoms with van der Waals surface area (Å²) in [4.78, 5) is 36.7. The van der Waals surface area contributed by atoms with Crippen molar-refractivity contribution in [3.63, 3.8) is 0 Å². The topological polar surface area (TPSA) is 75.7 Å². The first kappa shape index (κ1) is 17.2. The van der Waals surface area contributed by atoms with E-state index in [0.29, 0.717) is 10.8 Å². The summed E-state index contributed by atoms with van der Waals surface area (Å²) in [6.45, 7) is -0.343. The molecule has 0 aromatic heterocycles. The zero-order valence-corrected chi connectivity index (χ0v) is 15.5. The van der Waals surface area contributed by atoms with Crippen molar-refractivity contribution in [1.82, 2.24) is 10.4 Å². The molecule has 0 fully saturated rings. The second-order valence-electron chi connectivity index (χ2n) is 5.91. The van der Waals surface area contributed by atoms with Crippen LogP contribution in [0.25, 0.3) is 10.8 Å². The summed E-state index contributed by atoms with van der Waals surface area (Å²) in [7, 11) is 0. The number of nitrogens with one attached hydrogen (secondary N) is 1. The fourth-order valence-corrected chi connectivity index (χ4v) is 3.52. The maximum absolute atomic E-state index is 12.3. The van der Waals surface area contributed by atoms with Crippen molar-refractivity contribution >= 4 is 44.4 Å². The van der Waals surface area contributed by atoms with Gasteiger partial charge in [-0.15, -0.1) is 0 Å². The fourth-order valence-electron chi connectivity index (χ4n) is 2.92. The van der Waals surface area contributed by atoms with E-state index in [9.17, 15) is 14.4 Å². The Hall–Kier alpha value is -3.19. The average molecular weight is 425 g/mol. The number of benzene rings is 3. The van der Waals surface area contributed by atoms with Gasteiger partial charge in [-0.1, -0.05) is 42.5 Å². The minimum absolute atomic E-state index is 0.265. The van der Waals surface area contributed by atoms with Crippen molar-refractivity contribution in [3.05, 3.63) is 76.3 Å². The van der Waals surface area contributed by atoms with Crippen LogP contribution in [-0.2, 0) is 4.79 Å². The number of amides is 3. The maximum Gasteiger partial charge on any atom is 0.280 e. The van der Waals surface area contributed by atoms with Crippen molar-refractivity contribution in [2.75, 3.05) is 6.61 Å². The van der Waals surface area contributed by atoms with E-state index in [4.69, 9.17) is 4.74 Å². The first-order chi connectivity index (χ1) is 13.1. The molecular formula is C20H13BrN2O4. The third-order valence-electron chi connectivity index (χ3n) is 4.22. The number of carbonyl (C=O) groups is 3. The minimum Gasteiger partial charge on any atom is -0.483 e. The van der Waals surface area contributed by atoms with Crippen LogP contribution in [0.2, 0.25) is 0 Å². The number of hydrazine groups is 1. The van der Waals surface area contributed by atoms with Crippen LogP contribution in [0.3, 0.4) is 0 Å². The van der Waals surface area contributed by atoms with Gasteiger partial charge in [0.15, 0.2) is 6.61 Å². The van der Waals surface area contributed by atoms with Gasteiger partial charge in [0, 0.05) is 0 Å². The molecule has 1 N–H and O–H groups in total. The maximum atomic E-state index is 12.3. The Kier molecular flexibility index (Phi) is 4.37. The predicted octanol–water partition coefficient (Wildman–Crippen LogP) is 3.31. The lowest BCUT2D eigenvalue weighted by Gasteiger charge is -2.16. The zero-order valence-electron chi connectivity index (χ0n) is 13.9. The van der Waals surface area contributed by atoms with Crippen LogP contribution in [0.5, 0.6) is 5.75 Å². The number of fused-ring (bicyclic) bond motifs is 2. The second-order valence-corrected chi connectivity index (χ2v) is 6.71. The van der Waals surface area contributed by atoms with Gasteiger partial charge >= 0.3 is 0 Å². The molecule has 0 saturated heterocycles. The van der Waals surface area contributed by atoms with Gasteiger partial charge in [0.2, 0.25) is 0 Å². The Morgan fingerprint density at radius 3 is 2.26 bits per heavy atom. The molecule has 1 aliphatic heterocycles. The highest BCUT2D eigenvalue weighted by molar-refractivity contribution is 9.10. The molecule has 0 bridgehead atoms. The molecule has 134 valence electrons. The average Bonchev–Trinajstić information content (AvgIpc) is 2.93. The lowest BCUT2D eigenvalue weighted by molar-refractivity contribution is -0.126. The van der Waals surface area contributed by atoms with E-state index < -0.39 is 17.7 Å². The molecule has 4 rings (SSSR count). The van der Waals surface area contributed by atoms with E-state index in [1.54, 1.807) is 30.3 Å². The van der Waals surface area contributed by atoms with E-state index in [0.717, 1.165) is 15.2 Å². The highest BCUT2D eigenvalue weighted by Crippen LogP contribution is 2.33. The third kappa shape index (κ3) is 3.06. The number of imide groups is 1. The number of hydrogen-bond acceptors (Lipinski definition) is 4. The molecule has 3 amide bonds. The van der Waals surface area contributed by atoms with Gasteiger partial charge in [-0.25, -0.2) is 0 Å². The number of rotatable bonds is 4. The van der Waals surface area contributed by atoms with Gasteiger partial charge in [-0.2, -0.15) is 5.01 Å². The highest BCUT2D eigenvalue weighted by atomic mass is 79.9. The Bertz CT molecular complexity index is 1060. The van der Waals surface area contributed by atoms with Crippen molar-refractivity contribution in [2.24, 2.45) is 0 Å². The number of hydrogen-bond donors (Lipinski definition) is 1. The Morgan fingerprint density at radius 1 is 0.926 bits per heavy atom. The van der Waals surface area contributed by atoms with Crippen LogP contribution >= 0.6 is 15.9 Å². The summed E-state index contributed by atoms with van der Waals surface area (Å²) in [5, 5.41) is 2.70. The monoisotopic (exact) mass is 424 g/mol. The van der Waals surface area contributed by atoms with Gasteiger partial charge in [-0.05, 0) is 44.9 Å². The number of halogens is 1. The fraction of sp³-hybridized carbons (Fsp3) is 0.0500. The summed E-state index contributed by atoms with van der Waals surface area (Å²) in [6.07, 6.45) is 0. The normalized spacial score (nSPS) is 13.0. The van der Waals surface area contributed by atoms with Gasteiger partial charge in [-0.3, -0.25) is 19.8 Å². The molecule has 0 unspecified atom stereocenters. The molecule has 6 nitrogen and oxygen atoms in total. The smallest absolute Gasteiger partial charge is 0.280 e. The van der Waals surface area contributed by atoms with Gasteiger partial charge < -0.3 is 4.74 Å². The molecule has 3 aromatic rings. The van der Waals surface area contributed by atoms with Gasteiger partial charge in [0.25, 0.3) is 17.7 Å². The van der Waals surface area contributed by atoms with Crippen molar-refractivity contribution in [2.45, 2.75) is 0 Å². The summed E-state index contributed by atoms with van der Waals surface area (Å²) in [6, 6.07) is 17.8. The van der Waals surface area contributed by atoms with Crippen LogP contribution in [0.15, 0.2) is 65.1 Å². The standard InChI is InChI=1S/C20H13BrN2O4/c21-18-13-6-2-1-5-12(13)9-10-16(18)27-11-17(24)22-23-19(25)14-7-3-4-8-15(14)20(23)26/h1-10H,11H2,(H,22,24). The van der Waals surface area contributed by atoms with Gasteiger partial charge in [0.1, 0.15) is 5.75 Å². The van der Waals surface area contributed by atoms with Crippen LogP contribution < -0.4 is 10.2 Å². The highest BCUT2D eigenvalue weighted by Gasteiger charge is 2.36. The van der Waals surface area contributed by atoms with Crippen molar-refractivity contribution < 1.29 is 19.1 Å². The number of ether oxygens (including phenoxy) is 1. The number of carbonyl (C=O) groups excluding carboxylic acids is 3. The SMILES string of the molecule is O=C(COc1ccc2ccccc2c1Br)NN1C(=O)c2ccccc2C1=O. The number of nitrogens with zero attached hydrogens (tertiary/aromatic N) is 1. The van der Waals surface area contributed by atoms with Crippen molar-refractivity contribution in [1.29, 1.82) is 0 Å². The molecule has 0 aliphatic carbocycles. The molecule has 1 aliphatic rings. The summed E-state index contributed by atoms with van der Waals surface area (Å²) in [5.41, 5.74) is 2.84.